The second-order valence-electron chi connectivity index (χ2n) is 6.97. The monoisotopic (exact) mass is 369 g/mol. The zero-order valence-corrected chi connectivity index (χ0v) is 15.3. The molecule has 2 heterocycles. The molecule has 7 nitrogen and oxygen atoms in total. The highest BCUT2D eigenvalue weighted by molar-refractivity contribution is 5.68. The Kier molecular flexibility index (Phi) is 5.16. The van der Waals surface area contributed by atoms with E-state index in [0.29, 0.717) is 16.8 Å². The summed E-state index contributed by atoms with van der Waals surface area (Å²) < 4.78 is 20.8. The first-order valence-electron chi connectivity index (χ1n) is 8.37. The van der Waals surface area contributed by atoms with Gasteiger partial charge in [-0.15, -0.1) is 0 Å². The summed E-state index contributed by atoms with van der Waals surface area (Å²) >= 11 is 0. The van der Waals surface area contributed by atoms with Crippen molar-refractivity contribution in [1.82, 2.24) is 25.1 Å². The quantitative estimate of drug-likeness (QED) is 0.761. The van der Waals surface area contributed by atoms with Crippen molar-refractivity contribution in [1.29, 1.82) is 0 Å². The summed E-state index contributed by atoms with van der Waals surface area (Å²) in [5.74, 6) is -0.399. The van der Waals surface area contributed by atoms with Gasteiger partial charge in [0.2, 0.25) is 0 Å². The van der Waals surface area contributed by atoms with Gasteiger partial charge in [0, 0.05) is 18.3 Å². The Bertz CT molecular complexity index is 935. The number of ether oxygens (including phenoxy) is 1. The van der Waals surface area contributed by atoms with Gasteiger partial charge in [-0.2, -0.15) is 5.10 Å². The molecule has 140 valence electrons. The van der Waals surface area contributed by atoms with Crippen LogP contribution in [-0.4, -0.2) is 31.4 Å². The lowest BCUT2D eigenvalue weighted by molar-refractivity contribution is 0.0523. The summed E-state index contributed by atoms with van der Waals surface area (Å²) in [5, 5.41) is 6.89. The van der Waals surface area contributed by atoms with Gasteiger partial charge in [0.15, 0.2) is 0 Å². The molecule has 0 saturated heterocycles. The van der Waals surface area contributed by atoms with E-state index in [4.69, 9.17) is 4.74 Å². The largest absolute Gasteiger partial charge is 0.444 e. The molecule has 2 aromatic heterocycles. The Balaban J connectivity index is 1.76. The van der Waals surface area contributed by atoms with Crippen LogP contribution in [0, 0.1) is 5.82 Å². The number of aromatic nitrogens is 4. The number of nitrogens with zero attached hydrogens (tertiary/aromatic N) is 4. The zero-order valence-electron chi connectivity index (χ0n) is 15.3. The molecule has 1 N–H and O–H groups in total. The maximum atomic E-state index is 14.0. The highest BCUT2D eigenvalue weighted by atomic mass is 19.1. The van der Waals surface area contributed by atoms with E-state index >= 15 is 0 Å². The van der Waals surface area contributed by atoms with E-state index < -0.39 is 17.5 Å². The lowest BCUT2D eigenvalue weighted by Crippen LogP contribution is -2.32. The molecule has 1 amide bonds. The summed E-state index contributed by atoms with van der Waals surface area (Å²) in [7, 11) is 0. The number of alkyl carbamates (subject to hydrolysis) is 1. The number of halogens is 1. The van der Waals surface area contributed by atoms with Gasteiger partial charge in [0.1, 0.15) is 23.4 Å². The van der Waals surface area contributed by atoms with Gasteiger partial charge in [-0.1, -0.05) is 0 Å². The molecule has 0 unspecified atom stereocenters. The van der Waals surface area contributed by atoms with Crippen LogP contribution in [0.2, 0.25) is 0 Å². The van der Waals surface area contributed by atoms with Crippen LogP contribution in [0.25, 0.3) is 16.8 Å². The number of nitrogens with one attached hydrogen (secondary N) is 1. The number of amides is 1. The van der Waals surface area contributed by atoms with E-state index in [-0.39, 0.29) is 6.54 Å². The van der Waals surface area contributed by atoms with Crippen LogP contribution in [0.1, 0.15) is 26.3 Å². The van der Waals surface area contributed by atoms with Crippen molar-refractivity contribution in [3.63, 3.8) is 0 Å². The number of benzene rings is 1. The SMILES string of the molecule is CC(C)(C)OC(=O)NCc1cc(F)cc(-c2cnn(-c3cncnc3)c2)c1. The first-order valence-corrected chi connectivity index (χ1v) is 8.37. The lowest BCUT2D eigenvalue weighted by atomic mass is 10.1. The molecule has 3 aromatic rings. The lowest BCUT2D eigenvalue weighted by Gasteiger charge is -2.19. The molecule has 0 aliphatic heterocycles. The summed E-state index contributed by atoms with van der Waals surface area (Å²) in [6.07, 6.45) is 7.54. The van der Waals surface area contributed by atoms with E-state index in [0.717, 1.165) is 5.56 Å². The molecule has 0 fully saturated rings. The molecule has 0 aliphatic rings. The summed E-state index contributed by atoms with van der Waals surface area (Å²) in [6.45, 7) is 5.49. The van der Waals surface area contributed by atoms with Gasteiger partial charge < -0.3 is 10.1 Å². The van der Waals surface area contributed by atoms with E-state index in [9.17, 15) is 9.18 Å². The van der Waals surface area contributed by atoms with Crippen LogP contribution >= 0.6 is 0 Å². The second-order valence-corrected chi connectivity index (χ2v) is 6.97. The molecule has 8 heteroatoms. The number of hydrogen-bond donors (Lipinski definition) is 1. The van der Waals surface area contributed by atoms with Crippen molar-refractivity contribution in [3.05, 3.63) is 60.7 Å². The van der Waals surface area contributed by atoms with Crippen molar-refractivity contribution in [2.45, 2.75) is 32.9 Å². The second kappa shape index (κ2) is 7.53. The maximum absolute atomic E-state index is 14.0. The topological polar surface area (TPSA) is 81.9 Å². The third-order valence-electron chi connectivity index (χ3n) is 3.52. The molecule has 0 saturated carbocycles. The summed E-state index contributed by atoms with van der Waals surface area (Å²) in [6, 6.07) is 4.58. The first-order chi connectivity index (χ1) is 12.8. The molecule has 0 aliphatic carbocycles. The minimum atomic E-state index is -0.590. The normalized spacial score (nSPS) is 11.3. The van der Waals surface area contributed by atoms with Gasteiger partial charge in [-0.3, -0.25) is 0 Å². The van der Waals surface area contributed by atoms with Crippen molar-refractivity contribution in [3.8, 4) is 16.8 Å². The molecule has 0 bridgehead atoms. The molecule has 0 radical (unpaired) electrons. The molecule has 0 atom stereocenters. The Morgan fingerprint density at radius 3 is 2.59 bits per heavy atom. The average molecular weight is 369 g/mol. The molecule has 27 heavy (non-hydrogen) atoms. The Hall–Kier alpha value is -3.29. The smallest absolute Gasteiger partial charge is 0.407 e. The molecule has 3 rings (SSSR count). The fourth-order valence-electron chi connectivity index (χ4n) is 2.43. The molecule has 0 spiro atoms. The molecular weight excluding hydrogens is 349 g/mol. The van der Waals surface area contributed by atoms with Crippen molar-refractivity contribution >= 4 is 6.09 Å². The minimum absolute atomic E-state index is 0.153. The number of carbonyl (C=O) groups excluding carboxylic acids is 1. The van der Waals surface area contributed by atoms with E-state index in [1.165, 1.54) is 18.5 Å². The van der Waals surface area contributed by atoms with Crippen molar-refractivity contribution < 1.29 is 13.9 Å². The van der Waals surface area contributed by atoms with Gasteiger partial charge in [0.25, 0.3) is 0 Å². The van der Waals surface area contributed by atoms with Crippen molar-refractivity contribution in [2.75, 3.05) is 0 Å². The van der Waals surface area contributed by atoms with E-state index in [2.05, 4.69) is 20.4 Å². The first kappa shape index (κ1) is 18.5. The van der Waals surface area contributed by atoms with Gasteiger partial charge >= 0.3 is 6.09 Å². The van der Waals surface area contributed by atoms with E-state index in [1.807, 2.05) is 0 Å². The van der Waals surface area contributed by atoms with Crippen LogP contribution in [0.5, 0.6) is 0 Å². The predicted molar refractivity (Wildman–Crippen MR) is 97.6 cm³/mol. The molecular formula is C19H20FN5O2. The number of carbonyl (C=O) groups is 1. The predicted octanol–water partition coefficient (Wildman–Crippen LogP) is 3.49. The van der Waals surface area contributed by atoms with Gasteiger partial charge in [-0.25, -0.2) is 23.8 Å². The standard InChI is InChI=1S/C19H20FN5O2/c1-19(2,3)27-18(26)23-7-13-4-14(6-16(20)5-13)15-8-24-25(11-15)17-9-21-12-22-10-17/h4-6,8-12H,7H2,1-3H3,(H,23,26). The van der Waals surface area contributed by atoms with Crippen LogP contribution in [0.3, 0.4) is 0 Å². The Morgan fingerprint density at radius 2 is 1.89 bits per heavy atom. The third kappa shape index (κ3) is 5.10. The summed E-state index contributed by atoms with van der Waals surface area (Å²) in [5.41, 5.74) is 2.11. The van der Waals surface area contributed by atoms with Crippen molar-refractivity contribution in [2.24, 2.45) is 0 Å². The number of hydrogen-bond acceptors (Lipinski definition) is 5. The fraction of sp³-hybridized carbons (Fsp3) is 0.263. The Labute approximate surface area is 156 Å². The summed E-state index contributed by atoms with van der Waals surface area (Å²) in [4.78, 5) is 19.7. The number of rotatable bonds is 4. The highest BCUT2D eigenvalue weighted by Gasteiger charge is 2.16. The highest BCUT2D eigenvalue weighted by Crippen LogP contribution is 2.22. The average Bonchev–Trinajstić information content (AvgIpc) is 3.09. The zero-order chi connectivity index (χ0) is 19.4. The van der Waals surface area contributed by atoms with Gasteiger partial charge in [-0.05, 0) is 50.1 Å². The maximum Gasteiger partial charge on any atom is 0.407 e. The van der Waals surface area contributed by atoms with Crippen LogP contribution in [0.15, 0.2) is 49.3 Å². The molecule has 1 aromatic carbocycles. The fourth-order valence-corrected chi connectivity index (χ4v) is 2.43. The minimum Gasteiger partial charge on any atom is -0.444 e. The van der Waals surface area contributed by atoms with Crippen LogP contribution in [-0.2, 0) is 11.3 Å². The third-order valence-corrected chi connectivity index (χ3v) is 3.52. The van der Waals surface area contributed by atoms with E-state index in [1.54, 1.807) is 56.3 Å². The van der Waals surface area contributed by atoms with Crippen LogP contribution < -0.4 is 5.32 Å². The van der Waals surface area contributed by atoms with Gasteiger partial charge in [0.05, 0.1) is 18.6 Å². The Morgan fingerprint density at radius 1 is 1.15 bits per heavy atom. The van der Waals surface area contributed by atoms with Crippen LogP contribution in [0.4, 0.5) is 9.18 Å².